The lowest BCUT2D eigenvalue weighted by atomic mass is 10.1. The number of carbonyl (C=O) groups excluding carboxylic acids is 2. The maximum absolute atomic E-state index is 13.1. The number of carbonyl (C=O) groups is 2. The molecule has 6 heteroatoms. The van der Waals surface area contributed by atoms with E-state index in [2.05, 4.69) is 4.90 Å². The molecule has 29 heavy (non-hydrogen) atoms. The minimum Gasteiger partial charge on any atom is -0.368 e. The molecule has 1 heterocycles. The van der Waals surface area contributed by atoms with Gasteiger partial charge in [-0.1, -0.05) is 30.3 Å². The van der Waals surface area contributed by atoms with Crippen LogP contribution in [0, 0.1) is 5.82 Å². The van der Waals surface area contributed by atoms with Gasteiger partial charge >= 0.3 is 0 Å². The summed E-state index contributed by atoms with van der Waals surface area (Å²) in [6.45, 7) is 5.34. The van der Waals surface area contributed by atoms with E-state index in [0.717, 1.165) is 25.2 Å². The normalized spacial score (nSPS) is 14.0. The van der Waals surface area contributed by atoms with E-state index in [1.807, 2.05) is 35.2 Å². The fraction of sp³-hybridized carbons (Fsp3) is 0.391. The fourth-order valence-corrected chi connectivity index (χ4v) is 3.59. The van der Waals surface area contributed by atoms with Crippen LogP contribution in [-0.4, -0.2) is 60.9 Å². The summed E-state index contributed by atoms with van der Waals surface area (Å²) in [6.07, 6.45) is 1.12. The highest BCUT2D eigenvalue weighted by molar-refractivity contribution is 5.78. The van der Waals surface area contributed by atoms with Crippen molar-refractivity contribution < 1.29 is 14.0 Å². The van der Waals surface area contributed by atoms with Gasteiger partial charge in [-0.15, -0.1) is 0 Å². The molecule has 0 aliphatic carbocycles. The van der Waals surface area contributed by atoms with Crippen LogP contribution in [0.5, 0.6) is 0 Å². The molecule has 0 saturated carbocycles. The van der Waals surface area contributed by atoms with Crippen LogP contribution < -0.4 is 4.90 Å². The van der Waals surface area contributed by atoms with Crippen LogP contribution in [0.2, 0.25) is 0 Å². The fourth-order valence-electron chi connectivity index (χ4n) is 3.59. The zero-order chi connectivity index (χ0) is 20.6. The third-order valence-corrected chi connectivity index (χ3v) is 5.38. The number of nitrogens with zero attached hydrogens (tertiary/aromatic N) is 3. The summed E-state index contributed by atoms with van der Waals surface area (Å²) in [5, 5.41) is 0. The quantitative estimate of drug-likeness (QED) is 0.722. The molecule has 0 spiro atoms. The van der Waals surface area contributed by atoms with Crippen LogP contribution >= 0.6 is 0 Å². The summed E-state index contributed by atoms with van der Waals surface area (Å²) >= 11 is 0. The van der Waals surface area contributed by atoms with Gasteiger partial charge in [0.25, 0.3) is 0 Å². The van der Waals surface area contributed by atoms with Crippen molar-refractivity contribution in [1.29, 1.82) is 0 Å². The van der Waals surface area contributed by atoms with Crippen molar-refractivity contribution in [1.82, 2.24) is 9.80 Å². The van der Waals surface area contributed by atoms with Crippen molar-refractivity contribution in [2.75, 3.05) is 44.2 Å². The lowest BCUT2D eigenvalue weighted by molar-refractivity contribution is -0.133. The van der Waals surface area contributed by atoms with E-state index in [1.165, 1.54) is 17.7 Å². The predicted octanol–water partition coefficient (Wildman–Crippen LogP) is 2.96. The standard InChI is InChI=1S/C23H28FN3O2/c1-19(28)25(13-11-20-5-3-2-4-6-20)14-12-23(29)27-17-15-26(16-18-27)22-9-7-21(24)8-10-22/h2-10H,11-18H2,1H3. The molecule has 2 aromatic rings. The van der Waals surface area contributed by atoms with Gasteiger partial charge in [-0.05, 0) is 36.2 Å². The van der Waals surface area contributed by atoms with Gasteiger partial charge in [0.2, 0.25) is 11.8 Å². The Kier molecular flexibility index (Phi) is 7.22. The summed E-state index contributed by atoms with van der Waals surface area (Å²) in [7, 11) is 0. The van der Waals surface area contributed by atoms with Crippen molar-refractivity contribution in [3.63, 3.8) is 0 Å². The number of piperazine rings is 1. The second-order valence-electron chi connectivity index (χ2n) is 7.34. The third-order valence-electron chi connectivity index (χ3n) is 5.38. The molecule has 0 radical (unpaired) electrons. The summed E-state index contributed by atoms with van der Waals surface area (Å²) < 4.78 is 13.1. The molecule has 154 valence electrons. The van der Waals surface area contributed by atoms with E-state index in [0.29, 0.717) is 32.6 Å². The molecule has 1 aliphatic rings. The van der Waals surface area contributed by atoms with Gasteiger partial charge in [-0.2, -0.15) is 0 Å². The van der Waals surface area contributed by atoms with Crippen molar-refractivity contribution in [2.45, 2.75) is 19.8 Å². The third kappa shape index (κ3) is 6.04. The number of hydrogen-bond acceptors (Lipinski definition) is 3. The topological polar surface area (TPSA) is 43.9 Å². The number of halogens is 1. The molecular formula is C23H28FN3O2. The highest BCUT2D eigenvalue weighted by atomic mass is 19.1. The molecule has 3 rings (SSSR count). The Morgan fingerprint density at radius 3 is 2.21 bits per heavy atom. The van der Waals surface area contributed by atoms with Gasteiger partial charge in [0.15, 0.2) is 0 Å². The highest BCUT2D eigenvalue weighted by Gasteiger charge is 2.22. The van der Waals surface area contributed by atoms with Crippen molar-refractivity contribution in [2.24, 2.45) is 0 Å². The SMILES string of the molecule is CC(=O)N(CCC(=O)N1CCN(c2ccc(F)cc2)CC1)CCc1ccccc1. The first-order valence-corrected chi connectivity index (χ1v) is 10.1. The van der Waals surface area contributed by atoms with Crippen LogP contribution in [-0.2, 0) is 16.0 Å². The average Bonchev–Trinajstić information content (AvgIpc) is 2.74. The Morgan fingerprint density at radius 1 is 0.931 bits per heavy atom. The molecular weight excluding hydrogens is 369 g/mol. The Labute approximate surface area is 171 Å². The number of amides is 2. The number of anilines is 1. The summed E-state index contributed by atoms with van der Waals surface area (Å²) in [5.41, 5.74) is 2.16. The Bertz CT molecular complexity index is 803. The molecule has 0 bridgehead atoms. The Balaban J connectivity index is 1.44. The Morgan fingerprint density at radius 2 is 1.59 bits per heavy atom. The summed E-state index contributed by atoms with van der Waals surface area (Å²) in [5.74, 6) is -0.172. The van der Waals surface area contributed by atoms with Gasteiger partial charge in [0.05, 0.1) is 0 Å². The molecule has 1 fully saturated rings. The van der Waals surface area contributed by atoms with E-state index in [9.17, 15) is 14.0 Å². The van der Waals surface area contributed by atoms with E-state index in [1.54, 1.807) is 24.0 Å². The Hall–Kier alpha value is -2.89. The number of rotatable bonds is 7. The van der Waals surface area contributed by atoms with E-state index >= 15 is 0 Å². The van der Waals surface area contributed by atoms with Gasteiger partial charge < -0.3 is 14.7 Å². The first kappa shape index (κ1) is 20.8. The molecule has 2 aromatic carbocycles. The van der Waals surface area contributed by atoms with E-state index < -0.39 is 0 Å². The average molecular weight is 397 g/mol. The molecule has 5 nitrogen and oxygen atoms in total. The maximum atomic E-state index is 13.1. The first-order valence-electron chi connectivity index (χ1n) is 10.1. The second kappa shape index (κ2) is 10.0. The first-order chi connectivity index (χ1) is 14.0. The van der Waals surface area contributed by atoms with Gasteiger partial charge in [0, 0.05) is 58.3 Å². The van der Waals surface area contributed by atoms with Crippen LogP contribution in [0.15, 0.2) is 54.6 Å². The molecule has 0 unspecified atom stereocenters. The van der Waals surface area contributed by atoms with E-state index in [-0.39, 0.29) is 17.6 Å². The minimum atomic E-state index is -0.246. The second-order valence-corrected chi connectivity index (χ2v) is 7.34. The van der Waals surface area contributed by atoms with Crippen molar-refractivity contribution in [3.05, 3.63) is 66.0 Å². The van der Waals surface area contributed by atoms with Crippen LogP contribution in [0.1, 0.15) is 18.9 Å². The predicted molar refractivity (Wildman–Crippen MR) is 112 cm³/mol. The van der Waals surface area contributed by atoms with Crippen LogP contribution in [0.25, 0.3) is 0 Å². The molecule has 0 atom stereocenters. The monoisotopic (exact) mass is 397 g/mol. The maximum Gasteiger partial charge on any atom is 0.224 e. The highest BCUT2D eigenvalue weighted by Crippen LogP contribution is 2.17. The van der Waals surface area contributed by atoms with Gasteiger partial charge in [-0.25, -0.2) is 4.39 Å². The smallest absolute Gasteiger partial charge is 0.224 e. The zero-order valence-electron chi connectivity index (χ0n) is 16.9. The lowest BCUT2D eigenvalue weighted by Crippen LogP contribution is -2.49. The number of benzene rings is 2. The van der Waals surface area contributed by atoms with Crippen molar-refractivity contribution in [3.8, 4) is 0 Å². The molecule has 1 saturated heterocycles. The number of hydrogen-bond donors (Lipinski definition) is 0. The van der Waals surface area contributed by atoms with Crippen molar-refractivity contribution >= 4 is 17.5 Å². The lowest BCUT2D eigenvalue weighted by Gasteiger charge is -2.36. The molecule has 0 aromatic heterocycles. The molecule has 1 aliphatic heterocycles. The largest absolute Gasteiger partial charge is 0.368 e. The van der Waals surface area contributed by atoms with Gasteiger partial charge in [-0.3, -0.25) is 9.59 Å². The summed E-state index contributed by atoms with van der Waals surface area (Å²) in [6, 6.07) is 16.5. The minimum absolute atomic E-state index is 0.00476. The van der Waals surface area contributed by atoms with Crippen LogP contribution in [0.4, 0.5) is 10.1 Å². The van der Waals surface area contributed by atoms with Crippen LogP contribution in [0.3, 0.4) is 0 Å². The zero-order valence-corrected chi connectivity index (χ0v) is 16.9. The molecule has 2 amide bonds. The van der Waals surface area contributed by atoms with E-state index in [4.69, 9.17) is 0 Å². The summed E-state index contributed by atoms with van der Waals surface area (Å²) in [4.78, 5) is 30.3. The molecule has 0 N–H and O–H groups in total. The van der Waals surface area contributed by atoms with Gasteiger partial charge in [0.1, 0.15) is 5.82 Å².